The van der Waals surface area contributed by atoms with Gasteiger partial charge in [-0.3, -0.25) is 0 Å². The van der Waals surface area contributed by atoms with Gasteiger partial charge in [0.2, 0.25) is 0 Å². The molecule has 3 nitrogen and oxygen atoms in total. The van der Waals surface area contributed by atoms with Crippen molar-refractivity contribution in [3.05, 3.63) is 0 Å². The Bertz CT molecular complexity index is 270. The van der Waals surface area contributed by atoms with Gasteiger partial charge in [-0.2, -0.15) is 8.78 Å². The number of hydrogen-bond acceptors (Lipinski definition) is 3. The summed E-state index contributed by atoms with van der Waals surface area (Å²) in [6, 6.07) is 0. The molecule has 5 heteroatoms. The molecule has 0 bridgehead atoms. The smallest absolute Gasteiger partial charge is 0.379 e. The van der Waals surface area contributed by atoms with Crippen LogP contribution in [-0.4, -0.2) is 29.7 Å². The highest BCUT2D eigenvalue weighted by atomic mass is 19.3. The maximum absolute atomic E-state index is 13.4. The first-order chi connectivity index (χ1) is 9.96. The number of hydrogen-bond donors (Lipinski definition) is 1. The second kappa shape index (κ2) is 11.9. The standard InChI is InChI=1S/C16H30F2O3/c1-3-5-6-7-8-9-10-11-12-13-14(19)16(17,18)15(20)21-4-2/h14,19H,3-13H2,1-2H3/t14-/m0/s1. The maximum atomic E-state index is 13.4. The highest BCUT2D eigenvalue weighted by molar-refractivity contribution is 5.78. The molecule has 0 rings (SSSR count). The molecular formula is C16H30F2O3. The molecular weight excluding hydrogens is 278 g/mol. The van der Waals surface area contributed by atoms with E-state index < -0.39 is 18.0 Å². The van der Waals surface area contributed by atoms with Crippen molar-refractivity contribution in [2.45, 2.75) is 90.1 Å². The van der Waals surface area contributed by atoms with E-state index in [1.165, 1.54) is 39.0 Å². The molecule has 0 aliphatic rings. The zero-order valence-electron chi connectivity index (χ0n) is 13.4. The number of unbranched alkanes of at least 4 members (excludes halogenated alkanes) is 8. The molecule has 0 radical (unpaired) electrons. The fourth-order valence-corrected chi connectivity index (χ4v) is 2.19. The molecule has 21 heavy (non-hydrogen) atoms. The highest BCUT2D eigenvalue weighted by Crippen LogP contribution is 2.24. The number of ether oxygens (including phenoxy) is 1. The minimum Gasteiger partial charge on any atom is -0.461 e. The van der Waals surface area contributed by atoms with Gasteiger partial charge in [0, 0.05) is 0 Å². The zero-order chi connectivity index (χ0) is 16.1. The van der Waals surface area contributed by atoms with E-state index in [1.807, 2.05) is 0 Å². The van der Waals surface area contributed by atoms with Crippen LogP contribution in [0.3, 0.4) is 0 Å². The van der Waals surface area contributed by atoms with Crippen LogP contribution in [0.2, 0.25) is 0 Å². The van der Waals surface area contributed by atoms with Crippen LogP contribution in [0.15, 0.2) is 0 Å². The van der Waals surface area contributed by atoms with Crippen molar-refractivity contribution in [1.82, 2.24) is 0 Å². The van der Waals surface area contributed by atoms with Gasteiger partial charge in [0.1, 0.15) is 6.10 Å². The van der Waals surface area contributed by atoms with Crippen molar-refractivity contribution in [3.8, 4) is 0 Å². The summed E-state index contributed by atoms with van der Waals surface area (Å²) in [5.41, 5.74) is 0. The Morgan fingerprint density at radius 1 is 1.00 bits per heavy atom. The Hall–Kier alpha value is -0.710. The SMILES string of the molecule is CCCCCCCCCCC[C@H](O)C(F)(F)C(=O)OCC. The summed E-state index contributed by atoms with van der Waals surface area (Å²) in [5.74, 6) is -5.43. The molecule has 0 aromatic rings. The molecule has 126 valence electrons. The zero-order valence-corrected chi connectivity index (χ0v) is 13.4. The van der Waals surface area contributed by atoms with Gasteiger partial charge in [-0.15, -0.1) is 0 Å². The molecule has 1 N–H and O–H groups in total. The summed E-state index contributed by atoms with van der Waals surface area (Å²) < 4.78 is 31.1. The summed E-state index contributed by atoms with van der Waals surface area (Å²) in [5, 5.41) is 9.42. The van der Waals surface area contributed by atoms with Crippen LogP contribution < -0.4 is 0 Å². The maximum Gasteiger partial charge on any atom is 0.379 e. The average Bonchev–Trinajstić information content (AvgIpc) is 2.45. The molecule has 0 fully saturated rings. The number of esters is 1. The third kappa shape index (κ3) is 9.02. The van der Waals surface area contributed by atoms with Gasteiger partial charge in [-0.1, -0.05) is 64.7 Å². The summed E-state index contributed by atoms with van der Waals surface area (Å²) >= 11 is 0. The average molecular weight is 308 g/mol. The second-order valence-corrected chi connectivity index (χ2v) is 5.48. The Balaban J connectivity index is 3.65. The first kappa shape index (κ1) is 20.3. The molecule has 0 aliphatic heterocycles. The fraction of sp³-hybridized carbons (Fsp3) is 0.938. The van der Waals surface area contributed by atoms with Crippen molar-refractivity contribution in [2.24, 2.45) is 0 Å². The first-order valence-corrected chi connectivity index (χ1v) is 8.19. The van der Waals surface area contributed by atoms with Crippen molar-refractivity contribution in [1.29, 1.82) is 0 Å². The van der Waals surface area contributed by atoms with Crippen LogP contribution in [0.4, 0.5) is 8.78 Å². The number of aliphatic hydroxyl groups excluding tert-OH is 1. The molecule has 0 heterocycles. The van der Waals surface area contributed by atoms with E-state index in [9.17, 15) is 18.7 Å². The van der Waals surface area contributed by atoms with Gasteiger partial charge in [-0.25, -0.2) is 4.79 Å². The van der Waals surface area contributed by atoms with E-state index in [0.717, 1.165) is 19.3 Å². The fourth-order valence-electron chi connectivity index (χ4n) is 2.19. The minimum atomic E-state index is -3.80. The summed E-state index contributed by atoms with van der Waals surface area (Å²) in [6.07, 6.45) is 7.58. The van der Waals surface area contributed by atoms with Crippen molar-refractivity contribution >= 4 is 5.97 Å². The van der Waals surface area contributed by atoms with E-state index in [-0.39, 0.29) is 13.0 Å². The van der Waals surface area contributed by atoms with Crippen molar-refractivity contribution in [2.75, 3.05) is 6.61 Å². The molecule has 0 spiro atoms. The quantitative estimate of drug-likeness (QED) is 0.403. The number of carbonyl (C=O) groups is 1. The molecule has 0 aromatic heterocycles. The van der Waals surface area contributed by atoms with Gasteiger partial charge in [0.15, 0.2) is 0 Å². The molecule has 0 aromatic carbocycles. The van der Waals surface area contributed by atoms with Crippen LogP contribution in [0.25, 0.3) is 0 Å². The second-order valence-electron chi connectivity index (χ2n) is 5.48. The monoisotopic (exact) mass is 308 g/mol. The minimum absolute atomic E-state index is 0.0678. The Morgan fingerprint density at radius 3 is 1.95 bits per heavy atom. The Kier molecular flexibility index (Phi) is 11.5. The molecule has 1 atom stereocenters. The lowest BCUT2D eigenvalue weighted by Crippen LogP contribution is -2.42. The van der Waals surface area contributed by atoms with Gasteiger partial charge < -0.3 is 9.84 Å². The largest absolute Gasteiger partial charge is 0.461 e. The molecule has 0 aliphatic carbocycles. The predicted molar refractivity (Wildman–Crippen MR) is 79.4 cm³/mol. The first-order valence-electron chi connectivity index (χ1n) is 8.19. The summed E-state index contributed by atoms with van der Waals surface area (Å²) in [7, 11) is 0. The lowest BCUT2D eigenvalue weighted by atomic mass is 10.0. The summed E-state index contributed by atoms with van der Waals surface area (Å²) in [6.45, 7) is 3.53. The number of alkyl halides is 2. The van der Waals surface area contributed by atoms with E-state index in [2.05, 4.69) is 11.7 Å². The Labute approximate surface area is 127 Å². The Morgan fingerprint density at radius 2 is 1.48 bits per heavy atom. The lowest BCUT2D eigenvalue weighted by Gasteiger charge is -2.20. The van der Waals surface area contributed by atoms with Crippen LogP contribution in [0.5, 0.6) is 0 Å². The van der Waals surface area contributed by atoms with E-state index in [1.54, 1.807) is 0 Å². The predicted octanol–water partition coefficient (Wildman–Crippen LogP) is 4.47. The number of carbonyl (C=O) groups excluding carboxylic acids is 1. The van der Waals surface area contributed by atoms with Gasteiger partial charge in [0.05, 0.1) is 6.61 Å². The van der Waals surface area contributed by atoms with Gasteiger partial charge in [-0.05, 0) is 13.3 Å². The molecule has 0 saturated heterocycles. The van der Waals surface area contributed by atoms with Gasteiger partial charge >= 0.3 is 11.9 Å². The van der Waals surface area contributed by atoms with Crippen LogP contribution in [-0.2, 0) is 9.53 Å². The van der Waals surface area contributed by atoms with Gasteiger partial charge in [0.25, 0.3) is 0 Å². The lowest BCUT2D eigenvalue weighted by molar-refractivity contribution is -0.188. The van der Waals surface area contributed by atoms with Crippen molar-refractivity contribution < 1.29 is 23.4 Å². The van der Waals surface area contributed by atoms with Crippen molar-refractivity contribution in [3.63, 3.8) is 0 Å². The third-order valence-corrected chi connectivity index (χ3v) is 3.55. The van der Waals surface area contributed by atoms with E-state index in [4.69, 9.17) is 0 Å². The molecule has 0 saturated carbocycles. The molecule has 0 amide bonds. The molecule has 0 unspecified atom stereocenters. The summed E-state index contributed by atoms with van der Waals surface area (Å²) in [4.78, 5) is 11.0. The number of aliphatic hydroxyl groups is 1. The number of halogens is 2. The van der Waals surface area contributed by atoms with Crippen LogP contribution in [0, 0.1) is 0 Å². The van der Waals surface area contributed by atoms with E-state index >= 15 is 0 Å². The van der Waals surface area contributed by atoms with E-state index in [0.29, 0.717) is 6.42 Å². The van der Waals surface area contributed by atoms with Crippen LogP contribution in [0.1, 0.15) is 78.1 Å². The third-order valence-electron chi connectivity index (χ3n) is 3.55. The van der Waals surface area contributed by atoms with Crippen LogP contribution >= 0.6 is 0 Å². The highest BCUT2D eigenvalue weighted by Gasteiger charge is 2.47. The normalized spacial score (nSPS) is 13.2. The topological polar surface area (TPSA) is 46.5 Å². The number of rotatable bonds is 13.